The fraction of sp³-hybridized carbons (Fsp3) is 1.00. The van der Waals surface area contributed by atoms with Crippen LogP contribution in [-0.2, 0) is 0 Å². The second-order valence-corrected chi connectivity index (χ2v) is 0.354. The van der Waals surface area contributed by atoms with Gasteiger partial charge in [0.2, 0.25) is 0 Å². The van der Waals surface area contributed by atoms with Crippen LogP contribution in [0.15, 0.2) is 0 Å². The van der Waals surface area contributed by atoms with Gasteiger partial charge in [0.25, 0.3) is 0 Å². The maximum absolute atomic E-state index is 8.38. The molecule has 66 valence electrons. The predicted octanol–water partition coefficient (Wildman–Crippen LogP) is -7.01. The summed E-state index contributed by atoms with van der Waals surface area (Å²) in [4.78, 5) is 0. The van der Waals surface area contributed by atoms with Gasteiger partial charge in [0.1, 0.15) is 0 Å². The average Bonchev–Trinajstić information content (AvgIpc) is 1.70. The zero-order chi connectivity index (χ0) is 8.12. The molecule has 0 unspecified atom stereocenters. The SMILES string of the molecule is [O-]C[O-].[O-]C[O-].[O-]C[O-].[Sm+3].[Sm+3]. The van der Waals surface area contributed by atoms with Crippen LogP contribution in [0.3, 0.4) is 0 Å². The minimum Gasteiger partial charge on any atom is -0.868 e. The maximum atomic E-state index is 8.38. The van der Waals surface area contributed by atoms with Crippen molar-refractivity contribution in [3.8, 4) is 0 Å². The first-order chi connectivity index (χ1) is 4.24. The second-order valence-electron chi connectivity index (χ2n) is 0.354. The third-order valence-electron chi connectivity index (χ3n) is 0. The Hall–Kier alpha value is 2.44. The summed E-state index contributed by atoms with van der Waals surface area (Å²) in [5.41, 5.74) is 0. The van der Waals surface area contributed by atoms with Crippen LogP contribution in [0.25, 0.3) is 0 Å². The van der Waals surface area contributed by atoms with E-state index in [2.05, 4.69) is 0 Å². The molecule has 6 nitrogen and oxygen atoms in total. The van der Waals surface area contributed by atoms with Gasteiger partial charge in [-0.25, -0.2) is 20.4 Å². The zero-order valence-electron chi connectivity index (χ0n) is 5.39. The molecule has 0 aromatic carbocycles. The van der Waals surface area contributed by atoms with E-state index >= 15 is 0 Å². The van der Waals surface area contributed by atoms with Gasteiger partial charge in [0.05, 0.1) is 0 Å². The van der Waals surface area contributed by atoms with Crippen molar-refractivity contribution in [1.29, 1.82) is 0 Å². The Balaban J connectivity index is -0.0000000150. The van der Waals surface area contributed by atoms with Crippen LogP contribution in [0.1, 0.15) is 0 Å². The molecule has 0 atom stereocenters. The van der Waals surface area contributed by atoms with Gasteiger partial charge >= 0.3 is 80.8 Å². The van der Waals surface area contributed by atoms with E-state index in [4.69, 9.17) is 30.6 Å². The minimum absolute atomic E-state index is 0. The molecule has 0 N–H and O–H groups in total. The summed E-state index contributed by atoms with van der Waals surface area (Å²) >= 11 is 0. The molecule has 0 aromatic heterocycles. The van der Waals surface area contributed by atoms with Crippen molar-refractivity contribution in [2.75, 3.05) is 20.4 Å². The van der Waals surface area contributed by atoms with Crippen LogP contribution >= 0.6 is 0 Å². The van der Waals surface area contributed by atoms with Crippen molar-refractivity contribution >= 4 is 0 Å². The smallest absolute Gasteiger partial charge is 0.868 e. The molecule has 0 aliphatic rings. The van der Waals surface area contributed by atoms with Gasteiger partial charge in [-0.3, -0.25) is 0 Å². The fourth-order valence-electron chi connectivity index (χ4n) is 0. The van der Waals surface area contributed by atoms with E-state index in [-0.39, 0.29) is 80.8 Å². The Bertz CT molecular complexity index is 20.5. The molecule has 8 heteroatoms. The van der Waals surface area contributed by atoms with Gasteiger partial charge in [0, 0.05) is 0 Å². The number of rotatable bonds is 0. The maximum Gasteiger partial charge on any atom is 3.00 e. The second kappa shape index (κ2) is 55.0. The molecule has 0 bridgehead atoms. The van der Waals surface area contributed by atoms with Crippen molar-refractivity contribution in [2.24, 2.45) is 0 Å². The first kappa shape index (κ1) is 29.2. The van der Waals surface area contributed by atoms with Crippen LogP contribution < -0.4 is 30.6 Å². The van der Waals surface area contributed by atoms with Gasteiger partial charge in [-0.05, 0) is 0 Å². The van der Waals surface area contributed by atoms with Crippen LogP contribution in [0, 0.1) is 80.8 Å². The summed E-state index contributed by atoms with van der Waals surface area (Å²) in [5.74, 6) is 0. The van der Waals surface area contributed by atoms with Gasteiger partial charge in [0.15, 0.2) is 0 Å². The van der Waals surface area contributed by atoms with Crippen molar-refractivity contribution in [1.82, 2.24) is 0 Å². The standard InChI is InChI=1S/3CH2O2.2Sm/c3*2-1-3;;/h3*1H2;;/q3*-2;2*+3. The molecule has 11 heavy (non-hydrogen) atoms. The molecular formula is C3H6O6Sm2. The van der Waals surface area contributed by atoms with Gasteiger partial charge < -0.3 is 30.6 Å². The first-order valence-corrected chi connectivity index (χ1v) is 1.73. The third kappa shape index (κ3) is 228. The van der Waals surface area contributed by atoms with E-state index in [1.54, 1.807) is 0 Å². The van der Waals surface area contributed by atoms with E-state index in [1.165, 1.54) is 0 Å². The molecule has 0 amide bonds. The average molecular weight is 439 g/mol. The van der Waals surface area contributed by atoms with Crippen molar-refractivity contribution < 1.29 is 111 Å². The van der Waals surface area contributed by atoms with Crippen LogP contribution in [-0.4, -0.2) is 20.4 Å². The van der Waals surface area contributed by atoms with E-state index in [0.717, 1.165) is 0 Å². The minimum atomic E-state index is -1.25. The summed E-state index contributed by atoms with van der Waals surface area (Å²) < 4.78 is 0. The first-order valence-electron chi connectivity index (χ1n) is 1.73. The largest absolute Gasteiger partial charge is 3.00 e. The summed E-state index contributed by atoms with van der Waals surface area (Å²) in [7, 11) is 0. The Morgan fingerprint density at radius 1 is 0.455 bits per heavy atom. The molecule has 0 spiro atoms. The quantitative estimate of drug-likeness (QED) is 0.344. The molecule has 0 saturated carbocycles. The molecule has 0 heterocycles. The summed E-state index contributed by atoms with van der Waals surface area (Å²) in [5, 5.41) is 50.2. The Morgan fingerprint density at radius 3 is 0.455 bits per heavy atom. The normalized spacial score (nSPS) is 4.91. The molecule has 0 saturated heterocycles. The van der Waals surface area contributed by atoms with Crippen molar-refractivity contribution in [3.63, 3.8) is 0 Å². The molecule has 0 aromatic rings. The monoisotopic (exact) mass is 442 g/mol. The molecule has 0 rings (SSSR count). The number of hydrogen-bond acceptors (Lipinski definition) is 6. The Morgan fingerprint density at radius 2 is 0.455 bits per heavy atom. The van der Waals surface area contributed by atoms with Crippen molar-refractivity contribution in [2.45, 2.75) is 0 Å². The van der Waals surface area contributed by atoms with Crippen LogP contribution in [0.2, 0.25) is 0 Å². The van der Waals surface area contributed by atoms with Crippen LogP contribution in [0.5, 0.6) is 0 Å². The molecule has 2 radical (unpaired) electrons. The fourth-order valence-corrected chi connectivity index (χ4v) is 0. The summed E-state index contributed by atoms with van der Waals surface area (Å²) in [6.07, 6.45) is 0. The van der Waals surface area contributed by atoms with Crippen molar-refractivity contribution in [3.05, 3.63) is 0 Å². The molecule has 0 fully saturated rings. The van der Waals surface area contributed by atoms with Gasteiger partial charge in [-0.2, -0.15) is 0 Å². The van der Waals surface area contributed by atoms with Gasteiger partial charge in [-0.1, -0.05) is 0 Å². The summed E-state index contributed by atoms with van der Waals surface area (Å²) in [6.45, 7) is -3.75. The van der Waals surface area contributed by atoms with E-state index in [9.17, 15) is 0 Å². The molecule has 0 aliphatic heterocycles. The van der Waals surface area contributed by atoms with Gasteiger partial charge in [-0.15, -0.1) is 0 Å². The van der Waals surface area contributed by atoms with E-state index in [0.29, 0.717) is 0 Å². The predicted molar refractivity (Wildman–Crippen MR) is 14.6 cm³/mol. The van der Waals surface area contributed by atoms with Crippen LogP contribution in [0.4, 0.5) is 0 Å². The van der Waals surface area contributed by atoms with E-state index < -0.39 is 20.4 Å². The zero-order valence-corrected chi connectivity index (χ0v) is 10.6. The summed E-state index contributed by atoms with van der Waals surface area (Å²) in [6, 6.07) is 0. The van der Waals surface area contributed by atoms with E-state index in [1.807, 2.05) is 0 Å². The molecule has 0 aliphatic carbocycles. The Labute approximate surface area is 129 Å². The number of hydrogen-bond donors (Lipinski definition) is 0. The topological polar surface area (TPSA) is 138 Å². The Kier molecular flexibility index (Phi) is 146. The molecular weight excluding hydrogens is 433 g/mol. The third-order valence-corrected chi connectivity index (χ3v) is 0.